The van der Waals surface area contributed by atoms with Crippen LogP contribution in [-0.2, 0) is 0 Å². The van der Waals surface area contributed by atoms with Crippen molar-refractivity contribution in [2.45, 2.75) is 26.2 Å². The van der Waals surface area contributed by atoms with Gasteiger partial charge in [0.2, 0.25) is 0 Å². The lowest BCUT2D eigenvalue weighted by atomic mass is 10.0. The fourth-order valence-electron chi connectivity index (χ4n) is 2.68. The van der Waals surface area contributed by atoms with Gasteiger partial charge in [-0.25, -0.2) is 0 Å². The number of piperazine rings is 1. The van der Waals surface area contributed by atoms with E-state index >= 15 is 0 Å². The summed E-state index contributed by atoms with van der Waals surface area (Å²) < 4.78 is 0. The first-order valence-corrected chi connectivity index (χ1v) is 6.77. The first-order chi connectivity index (χ1) is 7.63. The van der Waals surface area contributed by atoms with E-state index in [0.717, 1.165) is 6.42 Å². The van der Waals surface area contributed by atoms with Crippen LogP contribution in [0, 0.1) is 5.41 Å². The topological polar surface area (TPSA) is 32.5 Å². The molecule has 2 N–H and O–H groups in total. The summed E-state index contributed by atoms with van der Waals surface area (Å²) in [4.78, 5) is 5.81. The summed E-state index contributed by atoms with van der Waals surface area (Å²) in [5.74, 6) is 0. The highest BCUT2D eigenvalue weighted by atomic mass is 32.1. The molecule has 1 saturated heterocycles. The van der Waals surface area contributed by atoms with E-state index in [1.165, 1.54) is 52.1 Å². The van der Waals surface area contributed by atoms with Gasteiger partial charge in [0.15, 0.2) is 0 Å². The lowest BCUT2D eigenvalue weighted by Crippen LogP contribution is -2.48. The van der Waals surface area contributed by atoms with E-state index in [-0.39, 0.29) is 0 Å². The second-order valence-electron chi connectivity index (χ2n) is 5.35. The van der Waals surface area contributed by atoms with E-state index in [1.54, 1.807) is 0 Å². The van der Waals surface area contributed by atoms with Crippen molar-refractivity contribution in [3.05, 3.63) is 0 Å². The second kappa shape index (κ2) is 4.98. The SMILES string of the molecule is CCN1CCN(CC2(CC(N)=S)CC2)CC1. The third-order valence-corrected chi connectivity index (χ3v) is 4.12. The molecular formula is C12H23N3S. The summed E-state index contributed by atoms with van der Waals surface area (Å²) in [5, 5.41) is 0. The zero-order valence-electron chi connectivity index (χ0n) is 10.2. The smallest absolute Gasteiger partial charge is 0.0733 e. The normalized spacial score (nSPS) is 25.6. The van der Waals surface area contributed by atoms with Crippen molar-refractivity contribution in [1.82, 2.24) is 9.80 Å². The van der Waals surface area contributed by atoms with Gasteiger partial charge < -0.3 is 15.5 Å². The van der Waals surface area contributed by atoms with E-state index in [0.29, 0.717) is 10.4 Å². The Morgan fingerprint density at radius 2 is 1.75 bits per heavy atom. The quantitative estimate of drug-likeness (QED) is 0.730. The number of nitrogens with zero attached hydrogens (tertiary/aromatic N) is 2. The molecule has 0 amide bonds. The van der Waals surface area contributed by atoms with Crippen LogP contribution in [-0.4, -0.2) is 54.1 Å². The van der Waals surface area contributed by atoms with Crippen LogP contribution in [0.5, 0.6) is 0 Å². The van der Waals surface area contributed by atoms with Crippen LogP contribution in [0.3, 0.4) is 0 Å². The van der Waals surface area contributed by atoms with Crippen LogP contribution in [0.2, 0.25) is 0 Å². The molecule has 0 spiro atoms. The molecule has 4 heteroatoms. The summed E-state index contributed by atoms with van der Waals surface area (Å²) in [7, 11) is 0. The summed E-state index contributed by atoms with van der Waals surface area (Å²) in [6.07, 6.45) is 3.59. The molecule has 2 aliphatic rings. The van der Waals surface area contributed by atoms with E-state index in [1.807, 2.05) is 0 Å². The van der Waals surface area contributed by atoms with Gasteiger partial charge in [-0.1, -0.05) is 19.1 Å². The molecule has 1 saturated carbocycles. The molecule has 1 heterocycles. The van der Waals surface area contributed by atoms with Crippen LogP contribution in [0.15, 0.2) is 0 Å². The Morgan fingerprint density at radius 3 is 2.19 bits per heavy atom. The van der Waals surface area contributed by atoms with Gasteiger partial charge >= 0.3 is 0 Å². The third kappa shape index (κ3) is 3.15. The lowest BCUT2D eigenvalue weighted by molar-refractivity contribution is 0.118. The lowest BCUT2D eigenvalue weighted by Gasteiger charge is -2.36. The summed E-state index contributed by atoms with van der Waals surface area (Å²) in [6, 6.07) is 0. The molecule has 2 fully saturated rings. The highest BCUT2D eigenvalue weighted by Gasteiger charge is 2.44. The standard InChI is InChI=1S/C12H23N3S/c1-2-14-5-7-15(8-6-14)10-12(3-4-12)9-11(13)16/h2-10H2,1H3,(H2,13,16). The maximum atomic E-state index is 5.67. The number of nitrogens with two attached hydrogens (primary N) is 1. The predicted octanol–water partition coefficient (Wildman–Crippen LogP) is 1.08. The zero-order valence-corrected chi connectivity index (χ0v) is 11.1. The number of likely N-dealkylation sites (N-methyl/N-ethyl adjacent to an activating group) is 1. The minimum atomic E-state index is 0.459. The van der Waals surface area contributed by atoms with Gasteiger partial charge in [-0.3, -0.25) is 0 Å². The Bertz CT molecular complexity index is 255. The molecule has 0 aromatic heterocycles. The van der Waals surface area contributed by atoms with Crippen LogP contribution in [0.4, 0.5) is 0 Å². The fraction of sp³-hybridized carbons (Fsp3) is 0.917. The van der Waals surface area contributed by atoms with Crippen molar-refractivity contribution in [3.8, 4) is 0 Å². The molecule has 16 heavy (non-hydrogen) atoms. The van der Waals surface area contributed by atoms with Crippen molar-refractivity contribution >= 4 is 17.2 Å². The highest BCUT2D eigenvalue weighted by molar-refractivity contribution is 7.80. The molecule has 0 aromatic rings. The summed E-state index contributed by atoms with van der Waals surface area (Å²) in [5.41, 5.74) is 6.13. The molecule has 3 nitrogen and oxygen atoms in total. The average Bonchev–Trinajstić information content (AvgIpc) is 2.98. The molecule has 1 aliphatic heterocycles. The first-order valence-electron chi connectivity index (χ1n) is 6.37. The number of thiocarbonyl (C=S) groups is 1. The van der Waals surface area contributed by atoms with Gasteiger partial charge in [0.1, 0.15) is 0 Å². The van der Waals surface area contributed by atoms with Gasteiger partial charge in [-0.05, 0) is 24.8 Å². The van der Waals surface area contributed by atoms with Gasteiger partial charge in [-0.2, -0.15) is 0 Å². The van der Waals surface area contributed by atoms with Crippen molar-refractivity contribution in [2.75, 3.05) is 39.3 Å². The number of hydrogen-bond donors (Lipinski definition) is 1. The van der Waals surface area contributed by atoms with Crippen molar-refractivity contribution < 1.29 is 0 Å². The van der Waals surface area contributed by atoms with E-state index in [9.17, 15) is 0 Å². The molecule has 0 unspecified atom stereocenters. The molecule has 0 bridgehead atoms. The van der Waals surface area contributed by atoms with Crippen LogP contribution in [0.25, 0.3) is 0 Å². The first kappa shape index (κ1) is 12.3. The Labute approximate surface area is 104 Å². The number of rotatable bonds is 5. The minimum absolute atomic E-state index is 0.459. The largest absolute Gasteiger partial charge is 0.393 e. The van der Waals surface area contributed by atoms with Gasteiger partial charge in [-0.15, -0.1) is 0 Å². The van der Waals surface area contributed by atoms with Crippen molar-refractivity contribution in [3.63, 3.8) is 0 Å². The van der Waals surface area contributed by atoms with Crippen LogP contribution in [0.1, 0.15) is 26.2 Å². The monoisotopic (exact) mass is 241 g/mol. The maximum absolute atomic E-state index is 5.67. The Balaban J connectivity index is 1.76. The molecule has 0 aromatic carbocycles. The molecule has 0 radical (unpaired) electrons. The summed E-state index contributed by atoms with van der Waals surface area (Å²) >= 11 is 5.04. The Kier molecular flexibility index (Phi) is 3.82. The van der Waals surface area contributed by atoms with E-state index in [4.69, 9.17) is 18.0 Å². The van der Waals surface area contributed by atoms with Crippen molar-refractivity contribution in [2.24, 2.45) is 11.1 Å². The zero-order chi connectivity index (χ0) is 11.6. The van der Waals surface area contributed by atoms with Crippen molar-refractivity contribution in [1.29, 1.82) is 0 Å². The molecule has 92 valence electrons. The van der Waals surface area contributed by atoms with E-state index in [2.05, 4.69) is 16.7 Å². The minimum Gasteiger partial charge on any atom is -0.393 e. The second-order valence-corrected chi connectivity index (χ2v) is 5.88. The Hall–Kier alpha value is -0.190. The molecular weight excluding hydrogens is 218 g/mol. The van der Waals surface area contributed by atoms with E-state index < -0.39 is 0 Å². The van der Waals surface area contributed by atoms with Gasteiger partial charge in [0.25, 0.3) is 0 Å². The highest BCUT2D eigenvalue weighted by Crippen LogP contribution is 2.49. The third-order valence-electron chi connectivity index (χ3n) is 3.98. The molecule has 2 rings (SSSR count). The molecule has 0 atom stereocenters. The number of hydrogen-bond acceptors (Lipinski definition) is 3. The average molecular weight is 241 g/mol. The predicted molar refractivity (Wildman–Crippen MR) is 71.6 cm³/mol. The molecule has 1 aliphatic carbocycles. The van der Waals surface area contributed by atoms with Gasteiger partial charge in [0.05, 0.1) is 4.99 Å². The Morgan fingerprint density at radius 1 is 1.19 bits per heavy atom. The summed E-state index contributed by atoms with van der Waals surface area (Å²) in [6.45, 7) is 9.51. The van der Waals surface area contributed by atoms with Crippen LogP contribution < -0.4 is 5.73 Å². The van der Waals surface area contributed by atoms with Gasteiger partial charge in [0, 0.05) is 39.1 Å². The fourth-order valence-corrected chi connectivity index (χ4v) is 2.98. The van der Waals surface area contributed by atoms with Crippen LogP contribution >= 0.6 is 12.2 Å². The maximum Gasteiger partial charge on any atom is 0.0733 e.